The largest absolute Gasteiger partial charge is 0.460 e. The molecule has 5 heteroatoms. The molecule has 0 atom stereocenters. The molecule has 0 radical (unpaired) electrons. The highest BCUT2D eigenvalue weighted by Crippen LogP contribution is 2.20. The molecule has 0 saturated carbocycles. The lowest BCUT2D eigenvalue weighted by atomic mass is 9.90. The van der Waals surface area contributed by atoms with Crippen molar-refractivity contribution in [3.63, 3.8) is 0 Å². The van der Waals surface area contributed by atoms with Crippen molar-refractivity contribution >= 4 is 17.7 Å². The topological polar surface area (TPSA) is 72.5 Å². The fourth-order valence-corrected chi connectivity index (χ4v) is 2.89. The molecular formula is C24H45NO4. The van der Waals surface area contributed by atoms with Crippen LogP contribution in [0.1, 0.15) is 119 Å². The van der Waals surface area contributed by atoms with E-state index in [-0.39, 0.29) is 17.3 Å². The molecule has 1 amide bonds. The van der Waals surface area contributed by atoms with Crippen molar-refractivity contribution in [2.24, 2.45) is 5.41 Å². The highest BCUT2D eigenvalue weighted by Gasteiger charge is 2.15. The molecule has 0 unspecified atom stereocenters. The van der Waals surface area contributed by atoms with Gasteiger partial charge in [0.2, 0.25) is 5.91 Å². The summed E-state index contributed by atoms with van der Waals surface area (Å²) in [6.07, 6.45) is 9.67. The van der Waals surface area contributed by atoms with E-state index in [2.05, 4.69) is 26.1 Å². The highest BCUT2D eigenvalue weighted by atomic mass is 16.6. The van der Waals surface area contributed by atoms with Crippen LogP contribution in [-0.2, 0) is 19.1 Å². The molecule has 170 valence electrons. The van der Waals surface area contributed by atoms with Crippen LogP contribution in [0.2, 0.25) is 0 Å². The van der Waals surface area contributed by atoms with Crippen LogP contribution in [0.3, 0.4) is 0 Å². The van der Waals surface area contributed by atoms with Crippen molar-refractivity contribution in [1.29, 1.82) is 0 Å². The molecule has 5 nitrogen and oxygen atoms in total. The number of esters is 1. The Bertz CT molecular complexity index is 486. The van der Waals surface area contributed by atoms with Gasteiger partial charge in [-0.05, 0) is 58.3 Å². The Morgan fingerprint density at radius 2 is 1.21 bits per heavy atom. The van der Waals surface area contributed by atoms with Gasteiger partial charge in [0.05, 0.1) is 0 Å². The second kappa shape index (κ2) is 14.6. The van der Waals surface area contributed by atoms with Gasteiger partial charge in [-0.3, -0.25) is 14.4 Å². The maximum Gasteiger partial charge on any atom is 0.306 e. The van der Waals surface area contributed by atoms with Crippen molar-refractivity contribution in [2.75, 3.05) is 6.54 Å². The van der Waals surface area contributed by atoms with Crippen LogP contribution in [0.15, 0.2) is 0 Å². The van der Waals surface area contributed by atoms with Gasteiger partial charge in [-0.15, -0.1) is 0 Å². The fourth-order valence-electron chi connectivity index (χ4n) is 2.89. The summed E-state index contributed by atoms with van der Waals surface area (Å²) in [5.41, 5.74) is -0.225. The summed E-state index contributed by atoms with van der Waals surface area (Å²) >= 11 is 0. The molecule has 29 heavy (non-hydrogen) atoms. The molecule has 0 fully saturated rings. The number of Topliss-reactive ketones (excluding diaryl/α,β-unsaturated/α-hetero) is 1. The Morgan fingerprint density at radius 3 is 1.72 bits per heavy atom. The number of ketones is 1. The first kappa shape index (κ1) is 27.6. The van der Waals surface area contributed by atoms with Crippen LogP contribution < -0.4 is 5.32 Å². The van der Waals surface area contributed by atoms with Gasteiger partial charge in [-0.25, -0.2) is 0 Å². The number of ether oxygens (including phenoxy) is 1. The summed E-state index contributed by atoms with van der Waals surface area (Å²) in [6.45, 7) is 12.8. The lowest BCUT2D eigenvalue weighted by Crippen LogP contribution is -2.25. The van der Waals surface area contributed by atoms with Gasteiger partial charge < -0.3 is 10.1 Å². The van der Waals surface area contributed by atoms with E-state index < -0.39 is 5.60 Å². The normalized spacial score (nSPS) is 11.9. The Kier molecular flexibility index (Phi) is 13.9. The van der Waals surface area contributed by atoms with Crippen LogP contribution >= 0.6 is 0 Å². The summed E-state index contributed by atoms with van der Waals surface area (Å²) in [7, 11) is 0. The predicted octanol–water partition coefficient (Wildman–Crippen LogP) is 5.74. The third-order valence-electron chi connectivity index (χ3n) is 4.56. The van der Waals surface area contributed by atoms with Crippen LogP contribution in [-0.4, -0.2) is 29.8 Å². The van der Waals surface area contributed by atoms with E-state index in [1.54, 1.807) is 0 Å². The van der Waals surface area contributed by atoms with Crippen molar-refractivity contribution in [1.82, 2.24) is 5.32 Å². The summed E-state index contributed by atoms with van der Waals surface area (Å²) in [6, 6.07) is 0. The first-order valence-electron chi connectivity index (χ1n) is 11.4. The summed E-state index contributed by atoms with van der Waals surface area (Å²) in [4.78, 5) is 35.3. The van der Waals surface area contributed by atoms with E-state index in [4.69, 9.17) is 4.74 Å². The van der Waals surface area contributed by atoms with Gasteiger partial charge in [0.25, 0.3) is 0 Å². The van der Waals surface area contributed by atoms with Gasteiger partial charge in [0, 0.05) is 32.2 Å². The molecule has 0 spiro atoms. The van der Waals surface area contributed by atoms with Crippen LogP contribution in [0.5, 0.6) is 0 Å². The van der Waals surface area contributed by atoms with Gasteiger partial charge in [-0.2, -0.15) is 0 Å². The first-order chi connectivity index (χ1) is 13.4. The number of carbonyl (C=O) groups excluding carboxylic acids is 3. The average Bonchev–Trinajstić information content (AvgIpc) is 2.57. The Hall–Kier alpha value is -1.39. The molecular weight excluding hydrogens is 366 g/mol. The van der Waals surface area contributed by atoms with Crippen LogP contribution in [0.25, 0.3) is 0 Å². The summed E-state index contributed by atoms with van der Waals surface area (Å²) in [5.74, 6) is 0.313. The second-order valence-corrected chi connectivity index (χ2v) is 10.3. The SMILES string of the molecule is CC(C)(C)CCC(=O)NCCCCCC(=O)CCCCCCC(=O)OC(C)(C)C. The van der Waals surface area contributed by atoms with Crippen molar-refractivity contribution < 1.29 is 19.1 Å². The highest BCUT2D eigenvalue weighted by molar-refractivity contribution is 5.78. The fraction of sp³-hybridized carbons (Fsp3) is 0.875. The zero-order valence-corrected chi connectivity index (χ0v) is 19.8. The van der Waals surface area contributed by atoms with Gasteiger partial charge >= 0.3 is 5.97 Å². The third-order valence-corrected chi connectivity index (χ3v) is 4.56. The molecule has 0 aromatic rings. The van der Waals surface area contributed by atoms with E-state index in [0.29, 0.717) is 38.0 Å². The quantitative estimate of drug-likeness (QED) is 0.275. The Balaban J connectivity index is 3.49. The Morgan fingerprint density at radius 1 is 0.690 bits per heavy atom. The van der Waals surface area contributed by atoms with E-state index >= 15 is 0 Å². The summed E-state index contributed by atoms with van der Waals surface area (Å²) < 4.78 is 5.28. The molecule has 0 aliphatic carbocycles. The maximum atomic E-state index is 11.9. The van der Waals surface area contributed by atoms with E-state index in [0.717, 1.165) is 51.4 Å². The van der Waals surface area contributed by atoms with E-state index in [1.165, 1.54) is 0 Å². The van der Waals surface area contributed by atoms with Crippen LogP contribution in [0, 0.1) is 5.41 Å². The third kappa shape index (κ3) is 21.1. The molecule has 0 aliphatic heterocycles. The molecule has 0 aromatic carbocycles. The lowest BCUT2D eigenvalue weighted by molar-refractivity contribution is -0.155. The number of carbonyl (C=O) groups is 3. The minimum Gasteiger partial charge on any atom is -0.460 e. The van der Waals surface area contributed by atoms with Gasteiger partial charge in [0.15, 0.2) is 0 Å². The van der Waals surface area contributed by atoms with E-state index in [9.17, 15) is 14.4 Å². The number of nitrogens with one attached hydrogen (secondary N) is 1. The molecule has 0 saturated heterocycles. The standard InChI is InChI=1S/C24H45NO4/c1-23(2,3)18-17-21(27)25-19-13-9-11-15-20(26)14-10-7-8-12-16-22(28)29-24(4,5)6/h7-19H2,1-6H3,(H,25,27). The predicted molar refractivity (Wildman–Crippen MR) is 119 cm³/mol. The van der Waals surface area contributed by atoms with Crippen molar-refractivity contribution in [3.05, 3.63) is 0 Å². The van der Waals surface area contributed by atoms with Gasteiger partial charge in [0.1, 0.15) is 11.4 Å². The second-order valence-electron chi connectivity index (χ2n) is 10.3. The zero-order chi connectivity index (χ0) is 22.3. The lowest BCUT2D eigenvalue weighted by Gasteiger charge is -2.19. The monoisotopic (exact) mass is 411 g/mol. The number of hydrogen-bond acceptors (Lipinski definition) is 4. The minimum absolute atomic E-state index is 0.127. The Labute approximate surface area is 178 Å². The molecule has 0 heterocycles. The molecule has 0 rings (SSSR count). The molecule has 0 aromatic heterocycles. The van der Waals surface area contributed by atoms with Crippen molar-refractivity contribution in [2.45, 2.75) is 124 Å². The van der Waals surface area contributed by atoms with Crippen molar-refractivity contribution in [3.8, 4) is 0 Å². The number of hydrogen-bond donors (Lipinski definition) is 1. The number of rotatable bonds is 15. The average molecular weight is 412 g/mol. The smallest absolute Gasteiger partial charge is 0.306 e. The number of amides is 1. The zero-order valence-electron chi connectivity index (χ0n) is 19.8. The van der Waals surface area contributed by atoms with Gasteiger partial charge in [-0.1, -0.05) is 40.0 Å². The molecule has 1 N–H and O–H groups in total. The van der Waals surface area contributed by atoms with E-state index in [1.807, 2.05) is 20.8 Å². The van der Waals surface area contributed by atoms with Crippen LogP contribution in [0.4, 0.5) is 0 Å². The summed E-state index contributed by atoms with van der Waals surface area (Å²) in [5, 5.41) is 2.96. The maximum absolute atomic E-state index is 11.9. The molecule has 0 aliphatic rings. The molecule has 0 bridgehead atoms. The first-order valence-corrected chi connectivity index (χ1v) is 11.4. The number of unbranched alkanes of at least 4 members (excludes halogenated alkanes) is 5. The minimum atomic E-state index is -0.415.